The predicted molar refractivity (Wildman–Crippen MR) is 70.3 cm³/mol. The molecule has 0 amide bonds. The highest BCUT2D eigenvalue weighted by Gasteiger charge is 2.10. The predicted octanol–water partition coefficient (Wildman–Crippen LogP) is 3.51. The van der Waals surface area contributed by atoms with E-state index >= 15 is 0 Å². The van der Waals surface area contributed by atoms with Gasteiger partial charge in [0.15, 0.2) is 0 Å². The molecule has 92 valence electrons. The number of hydrogen-bond donors (Lipinski definition) is 1. The van der Waals surface area contributed by atoms with Crippen molar-refractivity contribution in [1.29, 1.82) is 0 Å². The van der Waals surface area contributed by atoms with Crippen LogP contribution in [0.15, 0.2) is 16.5 Å². The fraction of sp³-hybridized carbons (Fsp3) is 0.462. The summed E-state index contributed by atoms with van der Waals surface area (Å²) in [6.45, 7) is 9.01. The summed E-state index contributed by atoms with van der Waals surface area (Å²) >= 11 is 1.75. The largest absolute Gasteiger partial charge is 0.465 e. The first-order valence-electron chi connectivity index (χ1n) is 5.79. The van der Waals surface area contributed by atoms with Crippen molar-refractivity contribution in [2.45, 2.75) is 40.3 Å². The number of rotatable bonds is 4. The Balaban J connectivity index is 1.94. The molecule has 0 aliphatic heterocycles. The summed E-state index contributed by atoms with van der Waals surface area (Å²) in [4.78, 5) is 5.80. The Kier molecular flexibility index (Phi) is 3.64. The SMILES string of the molecule is Cc1ccc(C(C)NCc2nc(C)c(C)s2)o1. The van der Waals surface area contributed by atoms with E-state index in [0.717, 1.165) is 28.8 Å². The van der Waals surface area contributed by atoms with Crippen molar-refractivity contribution in [2.24, 2.45) is 0 Å². The molecule has 1 unspecified atom stereocenters. The van der Waals surface area contributed by atoms with Crippen LogP contribution in [0.3, 0.4) is 0 Å². The fourth-order valence-corrected chi connectivity index (χ4v) is 2.53. The lowest BCUT2D eigenvalue weighted by Gasteiger charge is -2.09. The van der Waals surface area contributed by atoms with Crippen molar-refractivity contribution in [3.63, 3.8) is 0 Å². The zero-order chi connectivity index (χ0) is 12.4. The lowest BCUT2D eigenvalue weighted by atomic mass is 10.2. The van der Waals surface area contributed by atoms with Gasteiger partial charge in [-0.3, -0.25) is 0 Å². The van der Waals surface area contributed by atoms with E-state index in [0.29, 0.717) is 0 Å². The second-order valence-corrected chi connectivity index (χ2v) is 5.59. The zero-order valence-corrected chi connectivity index (χ0v) is 11.5. The van der Waals surface area contributed by atoms with Crippen LogP contribution >= 0.6 is 11.3 Å². The molecule has 0 aliphatic rings. The molecule has 1 N–H and O–H groups in total. The highest BCUT2D eigenvalue weighted by atomic mass is 32.1. The molecule has 0 aromatic carbocycles. The van der Waals surface area contributed by atoms with Crippen molar-refractivity contribution in [1.82, 2.24) is 10.3 Å². The maximum atomic E-state index is 5.58. The van der Waals surface area contributed by atoms with Gasteiger partial charge < -0.3 is 9.73 Å². The summed E-state index contributed by atoms with van der Waals surface area (Å²) in [5.74, 6) is 1.93. The Labute approximate surface area is 106 Å². The molecular weight excluding hydrogens is 232 g/mol. The normalized spacial score (nSPS) is 12.9. The van der Waals surface area contributed by atoms with Gasteiger partial charge in [0.05, 0.1) is 11.7 Å². The van der Waals surface area contributed by atoms with E-state index in [9.17, 15) is 0 Å². The van der Waals surface area contributed by atoms with E-state index in [-0.39, 0.29) is 6.04 Å². The Hall–Kier alpha value is -1.13. The molecule has 0 saturated heterocycles. The standard InChI is InChI=1S/C13H18N2OS/c1-8-5-6-12(16-8)10(3)14-7-13-15-9(2)11(4)17-13/h5-6,10,14H,7H2,1-4H3. The number of nitrogens with one attached hydrogen (secondary N) is 1. The van der Waals surface area contributed by atoms with Crippen LogP contribution in [0, 0.1) is 20.8 Å². The van der Waals surface area contributed by atoms with Gasteiger partial charge in [0.1, 0.15) is 16.5 Å². The van der Waals surface area contributed by atoms with Crippen LogP contribution in [-0.2, 0) is 6.54 Å². The Morgan fingerprint density at radius 2 is 2.12 bits per heavy atom. The summed E-state index contributed by atoms with van der Waals surface area (Å²) in [7, 11) is 0. The van der Waals surface area contributed by atoms with Gasteiger partial charge in [0.2, 0.25) is 0 Å². The second kappa shape index (κ2) is 5.02. The molecule has 0 bridgehead atoms. The number of nitrogens with zero attached hydrogens (tertiary/aromatic N) is 1. The van der Waals surface area contributed by atoms with Crippen LogP contribution in [0.5, 0.6) is 0 Å². The Morgan fingerprint density at radius 1 is 1.35 bits per heavy atom. The maximum Gasteiger partial charge on any atom is 0.120 e. The third-order valence-corrected chi connectivity index (χ3v) is 3.89. The molecule has 17 heavy (non-hydrogen) atoms. The lowest BCUT2D eigenvalue weighted by molar-refractivity contribution is 0.415. The summed E-state index contributed by atoms with van der Waals surface area (Å²) < 4.78 is 5.58. The molecule has 2 rings (SSSR count). The second-order valence-electron chi connectivity index (χ2n) is 4.30. The van der Waals surface area contributed by atoms with E-state index in [2.05, 4.69) is 31.1 Å². The van der Waals surface area contributed by atoms with Gasteiger partial charge in [-0.05, 0) is 39.8 Å². The zero-order valence-electron chi connectivity index (χ0n) is 10.7. The van der Waals surface area contributed by atoms with Crippen molar-refractivity contribution in [3.05, 3.63) is 39.2 Å². The van der Waals surface area contributed by atoms with Crippen LogP contribution in [0.1, 0.15) is 40.1 Å². The molecule has 2 aromatic rings. The topological polar surface area (TPSA) is 38.1 Å². The monoisotopic (exact) mass is 250 g/mol. The first kappa shape index (κ1) is 12.3. The average Bonchev–Trinajstić information content (AvgIpc) is 2.83. The van der Waals surface area contributed by atoms with Gasteiger partial charge >= 0.3 is 0 Å². The highest BCUT2D eigenvalue weighted by molar-refractivity contribution is 7.11. The van der Waals surface area contributed by atoms with E-state index < -0.39 is 0 Å². The number of aryl methyl sites for hydroxylation is 3. The molecule has 0 aliphatic carbocycles. The van der Waals surface area contributed by atoms with Gasteiger partial charge in [-0.25, -0.2) is 4.98 Å². The third-order valence-electron chi connectivity index (χ3n) is 2.82. The van der Waals surface area contributed by atoms with Gasteiger partial charge in [0.25, 0.3) is 0 Å². The lowest BCUT2D eigenvalue weighted by Crippen LogP contribution is -2.17. The van der Waals surface area contributed by atoms with Crippen LogP contribution in [0.25, 0.3) is 0 Å². The van der Waals surface area contributed by atoms with Crippen LogP contribution < -0.4 is 5.32 Å². The van der Waals surface area contributed by atoms with E-state index in [1.54, 1.807) is 11.3 Å². The molecule has 2 aromatic heterocycles. The summed E-state index contributed by atoms with van der Waals surface area (Å²) in [5, 5.41) is 4.56. The van der Waals surface area contributed by atoms with Crippen LogP contribution in [0.2, 0.25) is 0 Å². The number of furan rings is 1. The molecule has 0 fully saturated rings. The van der Waals surface area contributed by atoms with Gasteiger partial charge in [0, 0.05) is 11.4 Å². The first-order valence-corrected chi connectivity index (χ1v) is 6.60. The van der Waals surface area contributed by atoms with Crippen molar-refractivity contribution in [2.75, 3.05) is 0 Å². The van der Waals surface area contributed by atoms with Crippen LogP contribution in [-0.4, -0.2) is 4.98 Å². The smallest absolute Gasteiger partial charge is 0.120 e. The molecule has 0 saturated carbocycles. The Morgan fingerprint density at radius 3 is 2.65 bits per heavy atom. The summed E-state index contributed by atoms with van der Waals surface area (Å²) in [6, 6.07) is 4.23. The quantitative estimate of drug-likeness (QED) is 0.902. The summed E-state index contributed by atoms with van der Waals surface area (Å²) in [5.41, 5.74) is 1.13. The number of hydrogen-bond acceptors (Lipinski definition) is 4. The minimum absolute atomic E-state index is 0.216. The summed E-state index contributed by atoms with van der Waals surface area (Å²) in [6.07, 6.45) is 0. The van der Waals surface area contributed by atoms with E-state index in [4.69, 9.17) is 4.42 Å². The molecular formula is C13H18N2OS. The van der Waals surface area contributed by atoms with Crippen molar-refractivity contribution in [3.8, 4) is 0 Å². The molecule has 0 spiro atoms. The van der Waals surface area contributed by atoms with Crippen LogP contribution in [0.4, 0.5) is 0 Å². The van der Waals surface area contributed by atoms with E-state index in [1.165, 1.54) is 4.88 Å². The van der Waals surface area contributed by atoms with Crippen molar-refractivity contribution >= 4 is 11.3 Å². The number of aromatic nitrogens is 1. The maximum absolute atomic E-state index is 5.58. The minimum atomic E-state index is 0.216. The van der Waals surface area contributed by atoms with Gasteiger partial charge in [-0.1, -0.05) is 0 Å². The first-order chi connectivity index (χ1) is 8.06. The average molecular weight is 250 g/mol. The van der Waals surface area contributed by atoms with E-state index in [1.807, 2.05) is 19.1 Å². The molecule has 2 heterocycles. The fourth-order valence-electron chi connectivity index (χ4n) is 1.64. The van der Waals surface area contributed by atoms with Crippen molar-refractivity contribution < 1.29 is 4.42 Å². The highest BCUT2D eigenvalue weighted by Crippen LogP contribution is 2.19. The molecule has 3 nitrogen and oxygen atoms in total. The molecule has 1 atom stereocenters. The van der Waals surface area contributed by atoms with Gasteiger partial charge in [-0.2, -0.15) is 0 Å². The Bertz CT molecular complexity index is 482. The third kappa shape index (κ3) is 2.96. The molecule has 4 heteroatoms. The number of thiazole rings is 1. The molecule has 0 radical (unpaired) electrons. The van der Waals surface area contributed by atoms with Gasteiger partial charge in [-0.15, -0.1) is 11.3 Å². The minimum Gasteiger partial charge on any atom is -0.465 e.